The largest absolute Gasteiger partial charge is 0.493 e. The summed E-state index contributed by atoms with van der Waals surface area (Å²) in [5, 5.41) is 0. The van der Waals surface area contributed by atoms with Gasteiger partial charge in [-0.3, -0.25) is 0 Å². The van der Waals surface area contributed by atoms with Crippen LogP contribution in [0.5, 0.6) is 11.5 Å². The molecule has 0 aliphatic heterocycles. The first kappa shape index (κ1) is 16.8. The molecule has 114 valence electrons. The number of hydrogen-bond donors (Lipinski definition) is 1. The molecule has 4 heteroatoms. The Bertz CT molecular complexity index is 409. The van der Waals surface area contributed by atoms with Crippen LogP contribution in [0, 0.1) is 5.92 Å². The molecule has 0 fully saturated rings. The summed E-state index contributed by atoms with van der Waals surface area (Å²) < 4.78 is 10.6. The predicted molar refractivity (Wildman–Crippen MR) is 83.4 cm³/mol. The van der Waals surface area contributed by atoms with Gasteiger partial charge in [-0.1, -0.05) is 26.3 Å². The molecule has 0 saturated heterocycles. The maximum atomic E-state index is 6.29. The zero-order valence-electron chi connectivity index (χ0n) is 13.3. The number of nitrogens with two attached hydrogens (primary N) is 1. The quantitative estimate of drug-likeness (QED) is 0.795. The molecule has 0 saturated carbocycles. The molecule has 0 bridgehead atoms. The average Bonchev–Trinajstić information content (AvgIpc) is 2.45. The van der Waals surface area contributed by atoms with Gasteiger partial charge in [0, 0.05) is 19.1 Å². The molecule has 2 unspecified atom stereocenters. The van der Waals surface area contributed by atoms with Crippen LogP contribution in [0.3, 0.4) is 0 Å². The van der Waals surface area contributed by atoms with Gasteiger partial charge in [0.25, 0.3) is 0 Å². The molecule has 2 N–H and O–H groups in total. The summed E-state index contributed by atoms with van der Waals surface area (Å²) in [6.45, 7) is 6.38. The van der Waals surface area contributed by atoms with Gasteiger partial charge in [-0.2, -0.15) is 0 Å². The van der Waals surface area contributed by atoms with Gasteiger partial charge in [0.2, 0.25) is 0 Å². The molecule has 1 aromatic carbocycles. The number of nitrogens with zero attached hydrogens (tertiary/aromatic N) is 1. The van der Waals surface area contributed by atoms with Crippen LogP contribution in [0.4, 0.5) is 0 Å². The highest BCUT2D eigenvalue weighted by Gasteiger charge is 2.13. The monoisotopic (exact) mass is 280 g/mol. The van der Waals surface area contributed by atoms with Crippen molar-refractivity contribution in [1.82, 2.24) is 4.90 Å². The maximum absolute atomic E-state index is 6.29. The van der Waals surface area contributed by atoms with Crippen molar-refractivity contribution in [2.24, 2.45) is 11.7 Å². The molecule has 0 aliphatic carbocycles. The number of benzene rings is 1. The van der Waals surface area contributed by atoms with Gasteiger partial charge in [-0.05, 0) is 30.7 Å². The number of likely N-dealkylation sites (N-methyl/N-ethyl adjacent to an activating group) is 1. The van der Waals surface area contributed by atoms with Gasteiger partial charge in [0.05, 0.1) is 14.2 Å². The minimum Gasteiger partial charge on any atom is -0.493 e. The second kappa shape index (κ2) is 8.12. The molecule has 2 atom stereocenters. The van der Waals surface area contributed by atoms with E-state index >= 15 is 0 Å². The minimum atomic E-state index is -0.0242. The number of rotatable bonds is 8. The Morgan fingerprint density at radius 2 is 1.80 bits per heavy atom. The fraction of sp³-hybridized carbons (Fsp3) is 0.625. The lowest BCUT2D eigenvalue weighted by Gasteiger charge is -2.24. The lowest BCUT2D eigenvalue weighted by molar-refractivity contribution is 0.267. The first-order valence-electron chi connectivity index (χ1n) is 7.17. The number of ether oxygens (including phenoxy) is 2. The Labute approximate surface area is 122 Å². The van der Waals surface area contributed by atoms with Crippen molar-refractivity contribution in [1.29, 1.82) is 0 Å². The Balaban J connectivity index is 2.69. The smallest absolute Gasteiger partial charge is 0.161 e. The van der Waals surface area contributed by atoms with Crippen molar-refractivity contribution >= 4 is 0 Å². The van der Waals surface area contributed by atoms with Crippen molar-refractivity contribution in [3.63, 3.8) is 0 Å². The topological polar surface area (TPSA) is 47.7 Å². The third-order valence-corrected chi connectivity index (χ3v) is 3.66. The zero-order valence-corrected chi connectivity index (χ0v) is 13.3. The van der Waals surface area contributed by atoms with Gasteiger partial charge in [-0.15, -0.1) is 0 Å². The van der Waals surface area contributed by atoms with Gasteiger partial charge < -0.3 is 20.1 Å². The fourth-order valence-corrected chi connectivity index (χ4v) is 2.26. The molecule has 0 aliphatic rings. The van der Waals surface area contributed by atoms with Crippen molar-refractivity contribution in [2.75, 3.05) is 34.4 Å². The molecule has 20 heavy (non-hydrogen) atoms. The predicted octanol–water partition coefficient (Wildman–Crippen LogP) is 2.68. The van der Waals surface area contributed by atoms with E-state index in [0.717, 1.165) is 30.2 Å². The van der Waals surface area contributed by atoms with Crippen LogP contribution in [0.25, 0.3) is 0 Å². The molecular formula is C16H28N2O2. The zero-order chi connectivity index (χ0) is 15.1. The van der Waals surface area contributed by atoms with Crippen molar-refractivity contribution in [3.05, 3.63) is 23.8 Å². The van der Waals surface area contributed by atoms with E-state index in [-0.39, 0.29) is 6.04 Å². The van der Waals surface area contributed by atoms with E-state index in [0.29, 0.717) is 5.92 Å². The Hall–Kier alpha value is -1.26. The van der Waals surface area contributed by atoms with Crippen LogP contribution in [0.15, 0.2) is 18.2 Å². The summed E-state index contributed by atoms with van der Waals surface area (Å²) in [5.41, 5.74) is 7.36. The van der Waals surface area contributed by atoms with Gasteiger partial charge >= 0.3 is 0 Å². The van der Waals surface area contributed by atoms with Crippen molar-refractivity contribution in [3.8, 4) is 11.5 Å². The number of hydrogen-bond acceptors (Lipinski definition) is 4. The lowest BCUT2D eigenvalue weighted by Crippen LogP contribution is -2.32. The van der Waals surface area contributed by atoms with E-state index in [1.54, 1.807) is 14.2 Å². The van der Waals surface area contributed by atoms with E-state index in [1.807, 2.05) is 18.2 Å². The van der Waals surface area contributed by atoms with E-state index < -0.39 is 0 Å². The highest BCUT2D eigenvalue weighted by molar-refractivity contribution is 5.43. The summed E-state index contributed by atoms with van der Waals surface area (Å²) in [4.78, 5) is 2.29. The fourth-order valence-electron chi connectivity index (χ4n) is 2.26. The van der Waals surface area contributed by atoms with Gasteiger partial charge in [-0.25, -0.2) is 0 Å². The summed E-state index contributed by atoms with van der Waals surface area (Å²) in [5.74, 6) is 2.15. The summed E-state index contributed by atoms with van der Waals surface area (Å²) >= 11 is 0. The first-order valence-corrected chi connectivity index (χ1v) is 7.17. The van der Waals surface area contributed by atoms with Crippen LogP contribution < -0.4 is 15.2 Å². The molecule has 0 aromatic heterocycles. The Morgan fingerprint density at radius 3 is 2.35 bits per heavy atom. The third kappa shape index (κ3) is 4.69. The van der Waals surface area contributed by atoms with Crippen LogP contribution in [-0.4, -0.2) is 39.3 Å². The van der Waals surface area contributed by atoms with E-state index in [4.69, 9.17) is 15.2 Å². The molecule has 0 amide bonds. The molecule has 1 aromatic rings. The normalized spacial score (nSPS) is 14.2. The molecular weight excluding hydrogens is 252 g/mol. The second-order valence-electron chi connectivity index (χ2n) is 5.46. The van der Waals surface area contributed by atoms with Crippen LogP contribution in [0.2, 0.25) is 0 Å². The molecule has 0 spiro atoms. The van der Waals surface area contributed by atoms with Crippen molar-refractivity contribution < 1.29 is 9.47 Å². The molecule has 0 heterocycles. The minimum absolute atomic E-state index is 0.0242. The molecule has 4 nitrogen and oxygen atoms in total. The van der Waals surface area contributed by atoms with Crippen molar-refractivity contribution in [2.45, 2.75) is 26.3 Å². The van der Waals surface area contributed by atoms with Gasteiger partial charge in [0.1, 0.15) is 0 Å². The highest BCUT2D eigenvalue weighted by Crippen LogP contribution is 2.29. The summed E-state index contributed by atoms with van der Waals surface area (Å²) in [7, 11) is 5.40. The van der Waals surface area contributed by atoms with Crippen LogP contribution >= 0.6 is 0 Å². The summed E-state index contributed by atoms with van der Waals surface area (Å²) in [6, 6.07) is 5.84. The van der Waals surface area contributed by atoms with Gasteiger partial charge in [0.15, 0.2) is 11.5 Å². The van der Waals surface area contributed by atoms with Crippen LogP contribution in [0.1, 0.15) is 31.9 Å². The number of methoxy groups -OCH3 is 2. The average molecular weight is 280 g/mol. The van der Waals surface area contributed by atoms with E-state index in [9.17, 15) is 0 Å². The highest BCUT2D eigenvalue weighted by atomic mass is 16.5. The molecule has 1 rings (SSSR count). The van der Waals surface area contributed by atoms with Crippen LogP contribution in [-0.2, 0) is 0 Å². The summed E-state index contributed by atoms with van der Waals surface area (Å²) in [6.07, 6.45) is 1.19. The Kier molecular flexibility index (Phi) is 6.82. The Morgan fingerprint density at radius 1 is 1.15 bits per heavy atom. The molecule has 0 radical (unpaired) electrons. The van der Waals surface area contributed by atoms with E-state index in [1.165, 1.54) is 6.42 Å². The standard InChI is InChI=1S/C16H28N2O2/c1-6-12(2)10-18(3)11-14(17)13-7-8-15(19-4)16(9-13)20-5/h7-9,12,14H,6,10-11,17H2,1-5H3. The third-order valence-electron chi connectivity index (χ3n) is 3.66. The van der Waals surface area contributed by atoms with E-state index in [2.05, 4.69) is 25.8 Å². The second-order valence-corrected chi connectivity index (χ2v) is 5.46. The SMILES string of the molecule is CCC(C)CN(C)CC(N)c1ccc(OC)c(OC)c1. The maximum Gasteiger partial charge on any atom is 0.161 e. The lowest BCUT2D eigenvalue weighted by atomic mass is 10.1. The first-order chi connectivity index (χ1) is 9.51.